The van der Waals surface area contributed by atoms with Gasteiger partial charge in [0.05, 0.1) is 18.0 Å². The zero-order valence-corrected chi connectivity index (χ0v) is 18.0. The molecule has 1 N–H and O–H groups in total. The summed E-state index contributed by atoms with van der Waals surface area (Å²) in [6.07, 6.45) is 3.08. The highest BCUT2D eigenvalue weighted by atomic mass is 19.1. The second-order valence-corrected chi connectivity index (χ2v) is 8.75. The van der Waals surface area contributed by atoms with E-state index < -0.39 is 6.10 Å². The van der Waals surface area contributed by atoms with Gasteiger partial charge >= 0.3 is 5.97 Å². The van der Waals surface area contributed by atoms with Crippen molar-refractivity contribution in [2.45, 2.75) is 50.7 Å². The Balaban J connectivity index is 1.62. The maximum atomic E-state index is 13.7. The van der Waals surface area contributed by atoms with Gasteiger partial charge < -0.3 is 14.7 Å². The average Bonchev–Trinajstić information content (AvgIpc) is 3.32. The minimum atomic E-state index is -0.648. The minimum absolute atomic E-state index is 0.0634. The molecular weight excluding hydrogens is 407 g/mol. The summed E-state index contributed by atoms with van der Waals surface area (Å²) >= 11 is 0. The fourth-order valence-electron chi connectivity index (χ4n) is 4.96. The molecular formula is C26H27FN2O3. The maximum Gasteiger partial charge on any atom is 0.308 e. The Morgan fingerprint density at radius 1 is 1.09 bits per heavy atom. The molecule has 5 rings (SSSR count). The molecule has 32 heavy (non-hydrogen) atoms. The van der Waals surface area contributed by atoms with Gasteiger partial charge in [-0.05, 0) is 55.0 Å². The van der Waals surface area contributed by atoms with Crippen LogP contribution in [0.5, 0.6) is 0 Å². The Morgan fingerprint density at radius 3 is 2.59 bits per heavy atom. The summed E-state index contributed by atoms with van der Waals surface area (Å²) in [5.74, 6) is 0.351. The van der Waals surface area contributed by atoms with Gasteiger partial charge in [0.1, 0.15) is 17.7 Å². The molecule has 0 amide bonds. The lowest BCUT2D eigenvalue weighted by molar-refractivity contribution is -0.160. The summed E-state index contributed by atoms with van der Waals surface area (Å²) in [4.78, 5) is 19.2. The molecule has 0 bridgehead atoms. The van der Waals surface area contributed by atoms with Crippen molar-refractivity contribution >= 4 is 22.7 Å². The van der Waals surface area contributed by atoms with Gasteiger partial charge in [0.25, 0.3) is 0 Å². The first-order chi connectivity index (χ1) is 15.6. The van der Waals surface area contributed by atoms with Crippen LogP contribution in [0.2, 0.25) is 0 Å². The summed E-state index contributed by atoms with van der Waals surface area (Å²) < 4.78 is 19.2. The number of aromatic nitrogens is 1. The van der Waals surface area contributed by atoms with Crippen LogP contribution >= 0.6 is 0 Å². The number of esters is 1. The molecule has 5 nitrogen and oxygen atoms in total. The third-order valence-electron chi connectivity index (χ3n) is 6.46. The number of benzene rings is 2. The van der Waals surface area contributed by atoms with Gasteiger partial charge in [-0.25, -0.2) is 9.37 Å². The number of hydrogen-bond donors (Lipinski definition) is 1. The fraction of sp³-hybridized carbons (Fsp3) is 0.385. The van der Waals surface area contributed by atoms with Crippen molar-refractivity contribution in [1.82, 2.24) is 4.98 Å². The molecule has 2 aliphatic rings. The van der Waals surface area contributed by atoms with Crippen molar-refractivity contribution in [1.29, 1.82) is 0 Å². The second kappa shape index (κ2) is 8.87. The first-order valence-corrected chi connectivity index (χ1v) is 11.4. The third-order valence-corrected chi connectivity index (χ3v) is 6.46. The molecule has 6 heteroatoms. The number of carbonyl (C=O) groups excluding carboxylic acids is 1. The number of pyridine rings is 1. The Labute approximate surface area is 186 Å². The molecule has 3 aromatic rings. The lowest BCUT2D eigenvalue weighted by Crippen LogP contribution is -2.33. The van der Waals surface area contributed by atoms with Crippen LogP contribution in [-0.2, 0) is 16.0 Å². The Morgan fingerprint density at radius 2 is 1.84 bits per heavy atom. The van der Waals surface area contributed by atoms with E-state index in [0.717, 1.165) is 59.3 Å². The molecule has 2 saturated heterocycles. The predicted octanol–water partition coefficient (Wildman–Crippen LogP) is 4.64. The highest BCUT2D eigenvalue weighted by Crippen LogP contribution is 2.39. The summed E-state index contributed by atoms with van der Waals surface area (Å²) in [6.45, 7) is 1.91. The van der Waals surface area contributed by atoms with E-state index in [1.165, 1.54) is 12.1 Å². The summed E-state index contributed by atoms with van der Waals surface area (Å²) in [5.41, 5.74) is 4.01. The number of cyclic esters (lactones) is 1. The summed E-state index contributed by atoms with van der Waals surface area (Å²) in [7, 11) is 0. The lowest BCUT2D eigenvalue weighted by Gasteiger charge is -2.28. The number of ether oxygens (including phenoxy) is 1. The third kappa shape index (κ3) is 4.19. The predicted molar refractivity (Wildman–Crippen MR) is 122 cm³/mol. The quantitative estimate of drug-likeness (QED) is 0.593. The van der Waals surface area contributed by atoms with Gasteiger partial charge in [0.2, 0.25) is 0 Å². The Kier molecular flexibility index (Phi) is 5.79. The standard InChI is InChI=1S/C26H27FN2O3/c27-18-9-7-17(8-10-18)25-21-5-1-2-6-23(21)28-26(29-13-3-4-14-29)22(25)12-11-20-15-19(30)16-24(31)32-20/h1-2,5-10,19-20,30H,3-4,11-16H2. The van der Waals surface area contributed by atoms with Crippen molar-refractivity contribution < 1.29 is 19.0 Å². The van der Waals surface area contributed by atoms with Crippen LogP contribution in [-0.4, -0.2) is 41.4 Å². The first kappa shape index (κ1) is 20.9. The van der Waals surface area contributed by atoms with E-state index in [0.29, 0.717) is 19.3 Å². The molecule has 3 heterocycles. The van der Waals surface area contributed by atoms with Gasteiger partial charge in [0.15, 0.2) is 0 Å². The minimum Gasteiger partial charge on any atom is -0.462 e. The second-order valence-electron chi connectivity index (χ2n) is 8.75. The van der Waals surface area contributed by atoms with Gasteiger partial charge in [-0.2, -0.15) is 0 Å². The average molecular weight is 435 g/mol. The van der Waals surface area contributed by atoms with Crippen LogP contribution in [0.3, 0.4) is 0 Å². The number of fused-ring (bicyclic) bond motifs is 1. The van der Waals surface area contributed by atoms with Crippen LogP contribution in [0.4, 0.5) is 10.2 Å². The van der Waals surface area contributed by atoms with Crippen LogP contribution < -0.4 is 4.90 Å². The number of hydrogen-bond acceptors (Lipinski definition) is 5. The van der Waals surface area contributed by atoms with E-state index in [4.69, 9.17) is 9.72 Å². The van der Waals surface area contributed by atoms with Gasteiger partial charge in [0, 0.05) is 30.5 Å². The van der Waals surface area contributed by atoms with E-state index in [2.05, 4.69) is 11.0 Å². The molecule has 2 fully saturated rings. The Hall–Kier alpha value is -2.99. The topological polar surface area (TPSA) is 62.7 Å². The zero-order chi connectivity index (χ0) is 22.1. The molecule has 2 atom stereocenters. The molecule has 0 spiro atoms. The Bertz CT molecular complexity index is 1130. The first-order valence-electron chi connectivity index (χ1n) is 11.4. The number of nitrogens with zero attached hydrogens (tertiary/aromatic N) is 2. The highest BCUT2D eigenvalue weighted by molar-refractivity contribution is 5.98. The van der Waals surface area contributed by atoms with Crippen molar-refractivity contribution in [2.24, 2.45) is 0 Å². The molecule has 166 valence electrons. The van der Waals surface area contributed by atoms with Crippen molar-refractivity contribution in [3.63, 3.8) is 0 Å². The van der Waals surface area contributed by atoms with E-state index in [1.807, 2.05) is 30.3 Å². The van der Waals surface area contributed by atoms with Crippen LogP contribution in [0.15, 0.2) is 48.5 Å². The number of halogens is 1. The zero-order valence-electron chi connectivity index (χ0n) is 18.0. The van der Waals surface area contributed by atoms with E-state index in [-0.39, 0.29) is 24.3 Å². The number of aliphatic hydroxyl groups is 1. The summed E-state index contributed by atoms with van der Waals surface area (Å²) in [6, 6.07) is 14.7. The molecule has 0 radical (unpaired) electrons. The van der Waals surface area contributed by atoms with Gasteiger partial charge in [-0.15, -0.1) is 0 Å². The van der Waals surface area contributed by atoms with Crippen LogP contribution in [0, 0.1) is 5.82 Å². The van der Waals surface area contributed by atoms with Crippen molar-refractivity contribution in [2.75, 3.05) is 18.0 Å². The number of para-hydroxylation sites is 1. The van der Waals surface area contributed by atoms with Crippen LogP contribution in [0.25, 0.3) is 22.0 Å². The van der Waals surface area contributed by atoms with E-state index in [1.54, 1.807) is 0 Å². The number of rotatable bonds is 5. The van der Waals surface area contributed by atoms with Gasteiger partial charge in [-0.3, -0.25) is 4.79 Å². The molecule has 0 saturated carbocycles. The highest BCUT2D eigenvalue weighted by Gasteiger charge is 2.29. The maximum absolute atomic E-state index is 13.7. The normalized spacial score (nSPS) is 21.2. The molecule has 1 aromatic heterocycles. The van der Waals surface area contributed by atoms with Gasteiger partial charge in [-0.1, -0.05) is 30.3 Å². The smallest absolute Gasteiger partial charge is 0.308 e. The monoisotopic (exact) mass is 434 g/mol. The number of carbonyl (C=O) groups is 1. The molecule has 0 aliphatic carbocycles. The SMILES string of the molecule is O=C1CC(O)CC(CCc2c(N3CCCC3)nc3ccccc3c2-c2ccc(F)cc2)O1. The molecule has 2 aromatic carbocycles. The fourth-order valence-corrected chi connectivity index (χ4v) is 4.96. The number of anilines is 1. The largest absolute Gasteiger partial charge is 0.462 e. The molecule has 2 aliphatic heterocycles. The number of aliphatic hydroxyl groups excluding tert-OH is 1. The molecule has 2 unspecified atom stereocenters. The van der Waals surface area contributed by atoms with E-state index in [9.17, 15) is 14.3 Å². The summed E-state index contributed by atoms with van der Waals surface area (Å²) in [5, 5.41) is 11.0. The van der Waals surface area contributed by atoms with E-state index >= 15 is 0 Å². The van der Waals surface area contributed by atoms with Crippen molar-refractivity contribution in [3.05, 3.63) is 59.9 Å². The van der Waals surface area contributed by atoms with Crippen LogP contribution in [0.1, 0.15) is 37.7 Å². The lowest BCUT2D eigenvalue weighted by atomic mass is 9.91. The van der Waals surface area contributed by atoms with Crippen molar-refractivity contribution in [3.8, 4) is 11.1 Å².